The molecule has 0 saturated carbocycles. The monoisotopic (exact) mass is 276 g/mol. The molecule has 1 atom stereocenters. The van der Waals surface area contributed by atoms with Crippen LogP contribution in [0.2, 0.25) is 0 Å². The summed E-state index contributed by atoms with van der Waals surface area (Å²) in [5, 5.41) is 0. The normalized spacial score (nSPS) is 16.1. The Labute approximate surface area is 90.5 Å². The van der Waals surface area contributed by atoms with Gasteiger partial charge in [0.25, 0.3) is 0 Å². The lowest BCUT2D eigenvalue weighted by molar-refractivity contribution is -0.483. The Hall–Kier alpha value is -0.640. The molecule has 0 aromatic heterocycles. The Morgan fingerprint density at radius 3 is 1.65 bits per heavy atom. The van der Waals surface area contributed by atoms with Gasteiger partial charge in [-0.25, -0.2) is 8.78 Å². The largest absolute Gasteiger partial charge is 0.453 e. The van der Waals surface area contributed by atoms with E-state index in [0.29, 0.717) is 0 Å². The summed E-state index contributed by atoms with van der Waals surface area (Å²) in [5.74, 6) is -5.17. The highest BCUT2D eigenvalue weighted by Gasteiger charge is 2.75. The third-order valence-corrected chi connectivity index (χ3v) is 1.51. The van der Waals surface area contributed by atoms with E-state index in [4.69, 9.17) is 0 Å². The van der Waals surface area contributed by atoms with E-state index in [0.717, 1.165) is 6.92 Å². The zero-order chi connectivity index (χ0) is 13.9. The molecular weight excluding hydrogens is 268 g/mol. The minimum atomic E-state index is -6.10. The molecule has 0 fully saturated rings. The van der Waals surface area contributed by atoms with Gasteiger partial charge in [0, 0.05) is 6.61 Å². The van der Waals surface area contributed by atoms with Gasteiger partial charge in [0.15, 0.2) is 0 Å². The third-order valence-electron chi connectivity index (χ3n) is 1.51. The molecule has 104 valence electrons. The van der Waals surface area contributed by atoms with Crippen molar-refractivity contribution in [3.8, 4) is 0 Å². The van der Waals surface area contributed by atoms with Crippen molar-refractivity contribution < 1.29 is 44.6 Å². The van der Waals surface area contributed by atoms with Gasteiger partial charge < -0.3 is 4.74 Å². The Balaban J connectivity index is 5.42. The lowest BCUT2D eigenvalue weighted by Gasteiger charge is -2.36. The molecule has 0 aromatic rings. The van der Waals surface area contributed by atoms with Crippen LogP contribution in [-0.2, 0) is 9.47 Å². The van der Waals surface area contributed by atoms with Crippen molar-refractivity contribution in [2.75, 3.05) is 13.3 Å². The zero-order valence-corrected chi connectivity index (χ0v) is 8.33. The minimum absolute atomic E-state index is 0.818. The Bertz CT molecular complexity index is 221. The van der Waals surface area contributed by atoms with Gasteiger partial charge in [-0.3, -0.25) is 4.74 Å². The van der Waals surface area contributed by atoms with Crippen LogP contribution in [0, 0.1) is 0 Å². The topological polar surface area (TPSA) is 18.5 Å². The van der Waals surface area contributed by atoms with Gasteiger partial charge in [-0.2, -0.15) is 26.3 Å². The maximum Gasteiger partial charge on any atom is 0.453 e. The molecule has 1 unspecified atom stereocenters. The van der Waals surface area contributed by atoms with Crippen molar-refractivity contribution in [3.05, 3.63) is 0 Å². The molecule has 0 heterocycles. The molecule has 0 aliphatic carbocycles. The Kier molecular flexibility index (Phi) is 5.14. The number of halogens is 8. The van der Waals surface area contributed by atoms with E-state index in [9.17, 15) is 35.1 Å². The second kappa shape index (κ2) is 5.34. The minimum Gasteiger partial charge on any atom is -0.336 e. The van der Waals surface area contributed by atoms with Crippen LogP contribution in [0.3, 0.4) is 0 Å². The average molecular weight is 276 g/mol. The number of rotatable bonds is 5. The fourth-order valence-electron chi connectivity index (χ4n) is 0.907. The standard InChI is InChI=1S/C7H8F8O2/c1-2-16-5(6(10,11)12,7(13,14)15)17-4(9)3-8/h4H,2-3H2,1H3. The molecule has 0 bridgehead atoms. The van der Waals surface area contributed by atoms with Crippen LogP contribution in [0.4, 0.5) is 35.1 Å². The van der Waals surface area contributed by atoms with E-state index in [-0.39, 0.29) is 0 Å². The van der Waals surface area contributed by atoms with Crippen LogP contribution in [-0.4, -0.2) is 37.8 Å². The van der Waals surface area contributed by atoms with E-state index in [1.54, 1.807) is 0 Å². The smallest absolute Gasteiger partial charge is 0.336 e. The van der Waals surface area contributed by atoms with E-state index in [1.165, 1.54) is 0 Å². The summed E-state index contributed by atoms with van der Waals surface area (Å²) < 4.78 is 104. The molecule has 0 aromatic carbocycles. The maximum absolute atomic E-state index is 12.3. The number of hydrogen-bond donors (Lipinski definition) is 0. The van der Waals surface area contributed by atoms with Gasteiger partial charge in [-0.1, -0.05) is 0 Å². The molecule has 0 N–H and O–H groups in total. The van der Waals surface area contributed by atoms with Crippen LogP contribution in [0.15, 0.2) is 0 Å². The highest BCUT2D eigenvalue weighted by Crippen LogP contribution is 2.47. The van der Waals surface area contributed by atoms with E-state index >= 15 is 0 Å². The first-order valence-corrected chi connectivity index (χ1v) is 4.17. The summed E-state index contributed by atoms with van der Waals surface area (Å²) in [4.78, 5) is 0. The molecule has 10 heteroatoms. The van der Waals surface area contributed by atoms with Crippen LogP contribution < -0.4 is 0 Å². The molecule has 2 nitrogen and oxygen atoms in total. The summed E-state index contributed by atoms with van der Waals surface area (Å²) >= 11 is 0. The summed E-state index contributed by atoms with van der Waals surface area (Å²) in [6.45, 7) is -2.41. The van der Waals surface area contributed by atoms with Gasteiger partial charge in [0.2, 0.25) is 6.36 Å². The molecule has 0 rings (SSSR count). The van der Waals surface area contributed by atoms with Crippen LogP contribution in [0.25, 0.3) is 0 Å². The quantitative estimate of drug-likeness (QED) is 0.567. The molecule has 0 aliphatic heterocycles. The molecular formula is C7H8F8O2. The van der Waals surface area contributed by atoms with Crippen molar-refractivity contribution in [3.63, 3.8) is 0 Å². The molecule has 0 radical (unpaired) electrons. The average Bonchev–Trinajstić information content (AvgIpc) is 2.13. The number of hydrogen-bond acceptors (Lipinski definition) is 2. The van der Waals surface area contributed by atoms with Crippen molar-refractivity contribution in [2.45, 2.75) is 31.4 Å². The molecule has 17 heavy (non-hydrogen) atoms. The second-order valence-corrected chi connectivity index (χ2v) is 2.73. The number of ether oxygens (including phenoxy) is 2. The van der Waals surface area contributed by atoms with Crippen molar-refractivity contribution in [1.29, 1.82) is 0 Å². The summed E-state index contributed by atoms with van der Waals surface area (Å²) in [6, 6.07) is 0. The first-order valence-electron chi connectivity index (χ1n) is 4.17. The highest BCUT2D eigenvalue weighted by atomic mass is 19.4. The first-order chi connectivity index (χ1) is 7.52. The summed E-state index contributed by atoms with van der Waals surface area (Å²) in [5.41, 5.74) is 0. The van der Waals surface area contributed by atoms with Crippen LogP contribution in [0.5, 0.6) is 0 Å². The van der Waals surface area contributed by atoms with E-state index in [2.05, 4.69) is 9.47 Å². The highest BCUT2D eigenvalue weighted by molar-refractivity contribution is 4.87. The Morgan fingerprint density at radius 1 is 1.00 bits per heavy atom. The lowest BCUT2D eigenvalue weighted by Crippen LogP contribution is -2.61. The molecule has 0 saturated heterocycles. The lowest BCUT2D eigenvalue weighted by atomic mass is 10.2. The van der Waals surface area contributed by atoms with Crippen molar-refractivity contribution >= 4 is 0 Å². The summed E-state index contributed by atoms with van der Waals surface area (Å²) in [7, 11) is 0. The van der Waals surface area contributed by atoms with E-state index in [1.807, 2.05) is 0 Å². The van der Waals surface area contributed by atoms with Crippen LogP contribution in [0.1, 0.15) is 6.92 Å². The first kappa shape index (κ1) is 16.4. The SMILES string of the molecule is CCOC(OC(F)CF)(C(F)(F)F)C(F)(F)F. The molecule has 0 amide bonds. The van der Waals surface area contributed by atoms with Crippen LogP contribution >= 0.6 is 0 Å². The summed E-state index contributed by atoms with van der Waals surface area (Å²) in [6.07, 6.45) is -15.6. The van der Waals surface area contributed by atoms with Gasteiger partial charge in [0.1, 0.15) is 6.67 Å². The predicted molar refractivity (Wildman–Crippen MR) is 38.4 cm³/mol. The fraction of sp³-hybridized carbons (Fsp3) is 1.00. The fourth-order valence-corrected chi connectivity index (χ4v) is 0.907. The third kappa shape index (κ3) is 3.41. The Morgan fingerprint density at radius 2 is 1.41 bits per heavy atom. The van der Waals surface area contributed by atoms with Gasteiger partial charge in [-0.05, 0) is 6.92 Å². The van der Waals surface area contributed by atoms with E-state index < -0.39 is 37.8 Å². The zero-order valence-electron chi connectivity index (χ0n) is 8.33. The maximum atomic E-state index is 12.3. The van der Waals surface area contributed by atoms with Gasteiger partial charge in [-0.15, -0.1) is 0 Å². The molecule has 0 spiro atoms. The predicted octanol–water partition coefficient (Wildman–Crippen LogP) is 3.13. The number of alkyl halides is 8. The molecule has 0 aliphatic rings. The van der Waals surface area contributed by atoms with Crippen molar-refractivity contribution in [1.82, 2.24) is 0 Å². The van der Waals surface area contributed by atoms with Gasteiger partial charge >= 0.3 is 18.1 Å². The van der Waals surface area contributed by atoms with Gasteiger partial charge in [0.05, 0.1) is 0 Å². The second-order valence-electron chi connectivity index (χ2n) is 2.73. The van der Waals surface area contributed by atoms with Crippen molar-refractivity contribution in [2.24, 2.45) is 0 Å².